The number of methoxy groups -OCH3 is 1. The second-order valence-corrected chi connectivity index (χ2v) is 4.88. The standard InChI is InChI=1S/C15H21NO.ClH/c1-11(2)10-16-13-8-7-12-5-4-6-15(17-3)14(12)9-13;/h4-6,13,16H,1,7-10H2,2-3H3;1H. The van der Waals surface area contributed by atoms with Crippen LogP contribution in [0.15, 0.2) is 30.4 Å². The fourth-order valence-electron chi connectivity index (χ4n) is 2.44. The molecule has 1 aliphatic rings. The Hall–Kier alpha value is -0.990. The van der Waals surface area contributed by atoms with Crippen LogP contribution in [0.5, 0.6) is 5.75 Å². The Morgan fingerprint density at radius 1 is 1.50 bits per heavy atom. The molecule has 18 heavy (non-hydrogen) atoms. The number of fused-ring (bicyclic) bond motifs is 1. The van der Waals surface area contributed by atoms with Gasteiger partial charge in [0.2, 0.25) is 0 Å². The van der Waals surface area contributed by atoms with Gasteiger partial charge in [0.15, 0.2) is 0 Å². The summed E-state index contributed by atoms with van der Waals surface area (Å²) in [6, 6.07) is 6.90. The third kappa shape index (κ3) is 3.50. The molecule has 2 nitrogen and oxygen atoms in total. The average Bonchev–Trinajstić information content (AvgIpc) is 2.35. The number of nitrogens with one attached hydrogen (secondary N) is 1. The molecule has 0 saturated carbocycles. The Kier molecular flexibility index (Phi) is 5.70. The van der Waals surface area contributed by atoms with E-state index in [0.29, 0.717) is 6.04 Å². The number of aryl methyl sites for hydroxylation is 1. The summed E-state index contributed by atoms with van der Waals surface area (Å²) >= 11 is 0. The van der Waals surface area contributed by atoms with Gasteiger partial charge in [-0.15, -0.1) is 12.4 Å². The van der Waals surface area contributed by atoms with Crippen LogP contribution in [0.2, 0.25) is 0 Å². The molecule has 100 valence electrons. The third-order valence-corrected chi connectivity index (χ3v) is 3.36. The molecule has 1 aliphatic carbocycles. The summed E-state index contributed by atoms with van der Waals surface area (Å²) < 4.78 is 5.44. The van der Waals surface area contributed by atoms with Crippen molar-refractivity contribution < 1.29 is 4.74 Å². The highest BCUT2D eigenvalue weighted by Gasteiger charge is 2.20. The van der Waals surface area contributed by atoms with Gasteiger partial charge < -0.3 is 10.1 Å². The van der Waals surface area contributed by atoms with E-state index in [0.717, 1.165) is 25.1 Å². The summed E-state index contributed by atoms with van der Waals surface area (Å²) in [5.41, 5.74) is 4.01. The molecule has 0 bridgehead atoms. The molecule has 1 aromatic carbocycles. The van der Waals surface area contributed by atoms with Crippen LogP contribution >= 0.6 is 12.4 Å². The molecule has 0 fully saturated rings. The minimum atomic E-state index is 0. The molecule has 0 spiro atoms. The predicted octanol–water partition coefficient (Wildman–Crippen LogP) is 3.14. The molecule has 0 amide bonds. The van der Waals surface area contributed by atoms with E-state index in [1.807, 2.05) is 0 Å². The predicted molar refractivity (Wildman–Crippen MR) is 78.9 cm³/mol. The smallest absolute Gasteiger partial charge is 0.122 e. The third-order valence-electron chi connectivity index (χ3n) is 3.36. The van der Waals surface area contributed by atoms with E-state index in [4.69, 9.17) is 4.74 Å². The molecule has 1 N–H and O–H groups in total. The normalized spacial score (nSPS) is 17.6. The zero-order valence-electron chi connectivity index (χ0n) is 11.2. The fraction of sp³-hybridized carbons (Fsp3) is 0.467. The van der Waals surface area contributed by atoms with E-state index in [1.54, 1.807) is 7.11 Å². The summed E-state index contributed by atoms with van der Waals surface area (Å²) in [7, 11) is 1.75. The lowest BCUT2D eigenvalue weighted by Gasteiger charge is -2.27. The maximum atomic E-state index is 5.44. The van der Waals surface area contributed by atoms with E-state index in [1.165, 1.54) is 23.1 Å². The quantitative estimate of drug-likeness (QED) is 0.847. The first-order valence-electron chi connectivity index (χ1n) is 6.23. The van der Waals surface area contributed by atoms with Crippen molar-refractivity contribution in [2.45, 2.75) is 32.2 Å². The van der Waals surface area contributed by atoms with E-state index >= 15 is 0 Å². The van der Waals surface area contributed by atoms with Crippen molar-refractivity contribution in [2.75, 3.05) is 13.7 Å². The van der Waals surface area contributed by atoms with Crippen LogP contribution in [0.1, 0.15) is 24.5 Å². The van der Waals surface area contributed by atoms with Crippen LogP contribution in [0, 0.1) is 0 Å². The van der Waals surface area contributed by atoms with Gasteiger partial charge in [-0.2, -0.15) is 0 Å². The minimum Gasteiger partial charge on any atom is -0.496 e. The van der Waals surface area contributed by atoms with Crippen molar-refractivity contribution in [3.8, 4) is 5.75 Å². The number of hydrogen-bond acceptors (Lipinski definition) is 2. The largest absolute Gasteiger partial charge is 0.496 e. The van der Waals surface area contributed by atoms with Crippen molar-refractivity contribution in [1.82, 2.24) is 5.32 Å². The zero-order chi connectivity index (χ0) is 12.3. The van der Waals surface area contributed by atoms with Crippen molar-refractivity contribution in [3.63, 3.8) is 0 Å². The van der Waals surface area contributed by atoms with Crippen LogP contribution < -0.4 is 10.1 Å². The van der Waals surface area contributed by atoms with Crippen molar-refractivity contribution in [1.29, 1.82) is 0 Å². The first-order chi connectivity index (χ1) is 8.20. The Labute approximate surface area is 116 Å². The molecule has 0 heterocycles. The highest BCUT2D eigenvalue weighted by molar-refractivity contribution is 5.85. The van der Waals surface area contributed by atoms with Gasteiger partial charge in [0.05, 0.1) is 7.11 Å². The van der Waals surface area contributed by atoms with E-state index in [9.17, 15) is 0 Å². The number of rotatable bonds is 4. The molecule has 1 atom stereocenters. The first-order valence-corrected chi connectivity index (χ1v) is 6.23. The lowest BCUT2D eigenvalue weighted by atomic mass is 9.87. The number of benzene rings is 1. The summed E-state index contributed by atoms with van der Waals surface area (Å²) in [6.07, 6.45) is 3.40. The molecule has 1 unspecified atom stereocenters. The molecule has 0 aromatic heterocycles. The average molecular weight is 268 g/mol. The summed E-state index contributed by atoms with van der Waals surface area (Å²) in [5.74, 6) is 1.03. The minimum absolute atomic E-state index is 0. The molecule has 1 aromatic rings. The van der Waals surface area contributed by atoms with Gasteiger partial charge in [0.1, 0.15) is 5.75 Å². The SMILES string of the molecule is C=C(C)CNC1CCc2cccc(OC)c2C1.Cl. The summed E-state index contributed by atoms with van der Waals surface area (Å²) in [5, 5.41) is 3.56. The number of hydrogen-bond donors (Lipinski definition) is 1. The van der Waals surface area contributed by atoms with Gasteiger partial charge in [-0.05, 0) is 43.4 Å². The van der Waals surface area contributed by atoms with Gasteiger partial charge >= 0.3 is 0 Å². The van der Waals surface area contributed by atoms with Crippen LogP contribution in [-0.2, 0) is 12.8 Å². The number of halogens is 1. The van der Waals surface area contributed by atoms with Crippen LogP contribution in [0.4, 0.5) is 0 Å². The van der Waals surface area contributed by atoms with E-state index in [-0.39, 0.29) is 12.4 Å². The van der Waals surface area contributed by atoms with Crippen molar-refractivity contribution >= 4 is 12.4 Å². The van der Waals surface area contributed by atoms with E-state index < -0.39 is 0 Å². The Morgan fingerprint density at radius 2 is 2.28 bits per heavy atom. The van der Waals surface area contributed by atoms with E-state index in [2.05, 4.69) is 37.0 Å². The second kappa shape index (κ2) is 6.81. The van der Waals surface area contributed by atoms with Gasteiger partial charge in [0.25, 0.3) is 0 Å². The summed E-state index contributed by atoms with van der Waals surface area (Å²) in [4.78, 5) is 0. The maximum absolute atomic E-state index is 5.44. The molecular weight excluding hydrogens is 246 g/mol. The molecule has 0 aliphatic heterocycles. The Bertz CT molecular complexity index is 403. The van der Waals surface area contributed by atoms with Gasteiger partial charge in [-0.25, -0.2) is 0 Å². The highest BCUT2D eigenvalue weighted by atomic mass is 35.5. The summed E-state index contributed by atoms with van der Waals surface area (Å²) in [6.45, 7) is 6.90. The lowest BCUT2D eigenvalue weighted by Crippen LogP contribution is -2.35. The van der Waals surface area contributed by atoms with Gasteiger partial charge in [-0.1, -0.05) is 24.3 Å². The van der Waals surface area contributed by atoms with Gasteiger partial charge in [-0.3, -0.25) is 0 Å². The molecule has 0 saturated heterocycles. The first kappa shape index (κ1) is 15.1. The fourth-order valence-corrected chi connectivity index (χ4v) is 2.44. The Morgan fingerprint density at radius 3 is 2.94 bits per heavy atom. The van der Waals surface area contributed by atoms with Crippen LogP contribution in [0.3, 0.4) is 0 Å². The Balaban J connectivity index is 0.00000162. The second-order valence-electron chi connectivity index (χ2n) is 4.88. The van der Waals surface area contributed by atoms with Crippen molar-refractivity contribution in [2.24, 2.45) is 0 Å². The molecule has 0 radical (unpaired) electrons. The van der Waals surface area contributed by atoms with Gasteiger partial charge in [0, 0.05) is 12.6 Å². The van der Waals surface area contributed by atoms with Crippen LogP contribution in [0.25, 0.3) is 0 Å². The maximum Gasteiger partial charge on any atom is 0.122 e. The van der Waals surface area contributed by atoms with Crippen LogP contribution in [-0.4, -0.2) is 19.7 Å². The molecule has 2 rings (SSSR count). The van der Waals surface area contributed by atoms with Crippen molar-refractivity contribution in [3.05, 3.63) is 41.5 Å². The zero-order valence-corrected chi connectivity index (χ0v) is 12.0. The molecular formula is C15H22ClNO. The monoisotopic (exact) mass is 267 g/mol. The number of ether oxygens (including phenoxy) is 1. The molecule has 3 heteroatoms. The topological polar surface area (TPSA) is 21.3 Å². The highest BCUT2D eigenvalue weighted by Crippen LogP contribution is 2.29. The lowest BCUT2D eigenvalue weighted by molar-refractivity contribution is 0.396.